The number of hydrogen-bond acceptors (Lipinski definition) is 5. The third-order valence-corrected chi connectivity index (χ3v) is 5.97. The van der Waals surface area contributed by atoms with Crippen molar-refractivity contribution >= 4 is 11.7 Å². The first-order valence-electron chi connectivity index (χ1n) is 11.5. The van der Waals surface area contributed by atoms with Crippen molar-refractivity contribution in [3.63, 3.8) is 0 Å². The van der Waals surface area contributed by atoms with Crippen LogP contribution in [0.25, 0.3) is 0 Å². The van der Waals surface area contributed by atoms with Crippen LogP contribution < -0.4 is 21.1 Å². The van der Waals surface area contributed by atoms with Crippen molar-refractivity contribution in [2.24, 2.45) is 11.7 Å². The van der Waals surface area contributed by atoms with Crippen molar-refractivity contribution in [2.75, 3.05) is 19.7 Å². The van der Waals surface area contributed by atoms with Crippen LogP contribution in [0.5, 0.6) is 5.75 Å². The van der Waals surface area contributed by atoms with Crippen LogP contribution in [0.2, 0.25) is 0 Å². The summed E-state index contributed by atoms with van der Waals surface area (Å²) in [5.41, 5.74) is 6.27. The number of ether oxygens (including phenoxy) is 2. The van der Waals surface area contributed by atoms with Crippen LogP contribution >= 0.6 is 0 Å². The Bertz CT molecular complexity index is 994. The van der Waals surface area contributed by atoms with E-state index in [1.807, 2.05) is 6.92 Å². The second kappa shape index (κ2) is 11.9. The zero-order chi connectivity index (χ0) is 24.7. The van der Waals surface area contributed by atoms with E-state index in [0.717, 1.165) is 37.6 Å². The van der Waals surface area contributed by atoms with E-state index in [1.54, 1.807) is 31.2 Å². The van der Waals surface area contributed by atoms with Crippen LogP contribution in [0.15, 0.2) is 36.4 Å². The molecule has 0 saturated carbocycles. The molecule has 0 radical (unpaired) electrons. The van der Waals surface area contributed by atoms with Gasteiger partial charge in [0.2, 0.25) is 0 Å². The molecule has 3 atom stereocenters. The average molecular weight is 475 g/mol. The van der Waals surface area contributed by atoms with Crippen molar-refractivity contribution in [2.45, 2.75) is 45.4 Å². The molecule has 0 spiro atoms. The number of hydrogen-bond donors (Lipinski definition) is 4. The molecule has 9 heteroatoms. The van der Waals surface area contributed by atoms with Crippen LogP contribution in [-0.4, -0.2) is 37.5 Å². The number of piperidine rings is 1. The molecule has 5 N–H and O–H groups in total. The fourth-order valence-corrected chi connectivity index (χ4v) is 4.00. The minimum absolute atomic E-state index is 0.0610. The van der Waals surface area contributed by atoms with Crippen LogP contribution in [-0.2, 0) is 16.1 Å². The molecule has 2 aromatic rings. The molecule has 3 rings (SSSR count). The van der Waals surface area contributed by atoms with E-state index >= 15 is 4.39 Å². The lowest BCUT2D eigenvalue weighted by Crippen LogP contribution is -2.38. The van der Waals surface area contributed by atoms with Gasteiger partial charge in [0.15, 0.2) is 17.7 Å². The summed E-state index contributed by atoms with van der Waals surface area (Å²) in [6.45, 7) is 5.43. The van der Waals surface area contributed by atoms with Gasteiger partial charge in [-0.05, 0) is 50.9 Å². The second-order valence-corrected chi connectivity index (χ2v) is 8.37. The summed E-state index contributed by atoms with van der Waals surface area (Å²) in [5, 5.41) is 13.4. The minimum Gasteiger partial charge on any atom is -0.487 e. The molecule has 1 fully saturated rings. The highest BCUT2D eigenvalue weighted by Gasteiger charge is 2.31. The van der Waals surface area contributed by atoms with E-state index in [4.69, 9.17) is 20.6 Å². The minimum atomic E-state index is -1.48. The van der Waals surface area contributed by atoms with Gasteiger partial charge in [0.05, 0.1) is 5.56 Å². The van der Waals surface area contributed by atoms with E-state index < -0.39 is 29.2 Å². The van der Waals surface area contributed by atoms with Gasteiger partial charge in [-0.15, -0.1) is 0 Å². The molecule has 184 valence electrons. The maximum Gasteiger partial charge on any atom is 0.254 e. The predicted octanol–water partition coefficient (Wildman–Crippen LogP) is 3.41. The van der Waals surface area contributed by atoms with Gasteiger partial charge in [0.1, 0.15) is 17.8 Å². The van der Waals surface area contributed by atoms with Crippen molar-refractivity contribution in [1.29, 1.82) is 5.41 Å². The number of amidine groups is 1. The molecule has 1 heterocycles. The normalized spacial score (nSPS) is 17.6. The second-order valence-electron chi connectivity index (χ2n) is 8.37. The predicted molar refractivity (Wildman–Crippen MR) is 126 cm³/mol. The van der Waals surface area contributed by atoms with E-state index in [1.165, 1.54) is 6.07 Å². The number of carbonyl (C=O) groups excluding carboxylic acids is 1. The Morgan fingerprint density at radius 1 is 1.26 bits per heavy atom. The summed E-state index contributed by atoms with van der Waals surface area (Å²) in [6, 6.07) is 9.09. The van der Waals surface area contributed by atoms with Gasteiger partial charge in [-0.25, -0.2) is 8.78 Å². The molecule has 0 aliphatic carbocycles. The van der Waals surface area contributed by atoms with Gasteiger partial charge < -0.3 is 25.8 Å². The summed E-state index contributed by atoms with van der Waals surface area (Å²) >= 11 is 0. The van der Waals surface area contributed by atoms with Gasteiger partial charge >= 0.3 is 0 Å². The summed E-state index contributed by atoms with van der Waals surface area (Å²) in [7, 11) is 0. The van der Waals surface area contributed by atoms with E-state index in [9.17, 15) is 9.18 Å². The first-order valence-corrected chi connectivity index (χ1v) is 11.5. The van der Waals surface area contributed by atoms with Gasteiger partial charge in [0.25, 0.3) is 5.91 Å². The Labute approximate surface area is 198 Å². The number of amides is 1. The number of benzene rings is 2. The number of nitrogen functional groups attached to an aromatic ring is 1. The first-order chi connectivity index (χ1) is 16.3. The Balaban J connectivity index is 1.76. The third-order valence-electron chi connectivity index (χ3n) is 5.97. The Morgan fingerprint density at radius 2 is 2.00 bits per heavy atom. The lowest BCUT2D eigenvalue weighted by Gasteiger charge is -2.29. The van der Waals surface area contributed by atoms with Crippen LogP contribution in [0.3, 0.4) is 0 Å². The summed E-state index contributed by atoms with van der Waals surface area (Å²) < 4.78 is 41.5. The number of halogens is 2. The highest BCUT2D eigenvalue weighted by molar-refractivity contribution is 5.94. The molecule has 2 aromatic carbocycles. The van der Waals surface area contributed by atoms with E-state index in [0.29, 0.717) is 5.56 Å². The Morgan fingerprint density at radius 3 is 2.62 bits per heavy atom. The fourth-order valence-electron chi connectivity index (χ4n) is 4.00. The molecule has 1 amide bonds. The average Bonchev–Trinajstić information content (AvgIpc) is 2.84. The maximum atomic E-state index is 15.4. The van der Waals surface area contributed by atoms with Crippen LogP contribution in [0, 0.1) is 23.0 Å². The lowest BCUT2D eigenvalue weighted by atomic mass is 9.94. The number of nitrogens with one attached hydrogen (secondary N) is 3. The highest BCUT2D eigenvalue weighted by atomic mass is 19.1. The molecule has 1 aliphatic rings. The quantitative estimate of drug-likeness (QED) is 0.312. The van der Waals surface area contributed by atoms with E-state index in [-0.39, 0.29) is 36.8 Å². The summed E-state index contributed by atoms with van der Waals surface area (Å²) in [6.07, 6.45) is 0.218. The SMILES string of the molecule is CCOC(C(=O)NCc1ccc(C(=N)N)cc1)c1c(F)ccc(OC(C)C2CCCNC2)c1F. The molecular formula is C25H32F2N4O3. The highest BCUT2D eigenvalue weighted by Crippen LogP contribution is 2.32. The third kappa shape index (κ3) is 6.30. The maximum absolute atomic E-state index is 15.4. The molecular weight excluding hydrogens is 442 g/mol. The molecule has 7 nitrogen and oxygen atoms in total. The molecule has 34 heavy (non-hydrogen) atoms. The van der Waals surface area contributed by atoms with Crippen molar-refractivity contribution in [3.8, 4) is 5.75 Å². The zero-order valence-electron chi connectivity index (χ0n) is 19.5. The molecule has 0 bridgehead atoms. The van der Waals surface area contributed by atoms with Crippen molar-refractivity contribution in [3.05, 3.63) is 64.7 Å². The van der Waals surface area contributed by atoms with Crippen molar-refractivity contribution < 1.29 is 23.0 Å². The fraction of sp³-hybridized carbons (Fsp3) is 0.440. The van der Waals surface area contributed by atoms with Crippen LogP contribution in [0.4, 0.5) is 8.78 Å². The number of carbonyl (C=O) groups is 1. The Kier molecular flexibility index (Phi) is 8.95. The number of rotatable bonds is 10. The zero-order valence-corrected chi connectivity index (χ0v) is 19.5. The first kappa shape index (κ1) is 25.6. The van der Waals surface area contributed by atoms with Gasteiger partial charge in [-0.2, -0.15) is 0 Å². The van der Waals surface area contributed by atoms with Crippen LogP contribution in [0.1, 0.15) is 49.5 Å². The monoisotopic (exact) mass is 474 g/mol. The lowest BCUT2D eigenvalue weighted by molar-refractivity contribution is -0.133. The molecule has 3 unspecified atom stereocenters. The number of nitrogens with two attached hydrogens (primary N) is 1. The summed E-state index contributed by atoms with van der Waals surface area (Å²) in [4.78, 5) is 12.9. The molecule has 1 aliphatic heterocycles. The van der Waals surface area contributed by atoms with E-state index in [2.05, 4.69) is 10.6 Å². The van der Waals surface area contributed by atoms with Crippen molar-refractivity contribution in [1.82, 2.24) is 10.6 Å². The molecule has 1 saturated heterocycles. The van der Waals surface area contributed by atoms with Gasteiger partial charge in [0, 0.05) is 31.2 Å². The smallest absolute Gasteiger partial charge is 0.254 e. The summed E-state index contributed by atoms with van der Waals surface area (Å²) in [5.74, 6) is -2.44. The van der Waals surface area contributed by atoms with Gasteiger partial charge in [-0.1, -0.05) is 24.3 Å². The standard InChI is InChI=1S/C25H32F2N4O3/c1-3-33-23(25(32)31-13-16-6-8-17(9-7-16)24(28)29)21-19(26)10-11-20(22(21)27)34-15(2)18-5-4-12-30-14-18/h6-11,15,18,23,30H,3-5,12-14H2,1-2H3,(H3,28,29)(H,31,32). The van der Waals surface area contributed by atoms with Gasteiger partial charge in [-0.3, -0.25) is 10.2 Å². The topological polar surface area (TPSA) is 109 Å². The Hall–Kier alpha value is -3.04. The molecule has 0 aromatic heterocycles. The largest absolute Gasteiger partial charge is 0.487 e.